The Hall–Kier alpha value is -5.40. The van der Waals surface area contributed by atoms with Crippen molar-refractivity contribution in [2.75, 3.05) is 4.90 Å². The van der Waals surface area contributed by atoms with Gasteiger partial charge in [-0.3, -0.25) is 0 Å². The third-order valence-electron chi connectivity index (χ3n) is 7.67. The minimum Gasteiger partial charge on any atom is -0.310 e. The number of nitrogens with zero attached hydrogens (tertiary/aromatic N) is 1. The molecule has 0 atom stereocenters. The molecule has 0 fully saturated rings. The van der Waals surface area contributed by atoms with E-state index in [0.717, 1.165) is 17.1 Å². The number of para-hydroxylation sites is 1. The summed E-state index contributed by atoms with van der Waals surface area (Å²) in [5, 5.41) is 2.52. The van der Waals surface area contributed by atoms with Crippen molar-refractivity contribution in [1.29, 1.82) is 0 Å². The third-order valence-corrected chi connectivity index (χ3v) is 7.67. The summed E-state index contributed by atoms with van der Waals surface area (Å²) in [7, 11) is 0. The molecule has 0 saturated carbocycles. The zero-order valence-electron chi connectivity index (χ0n) is 22.7. The Morgan fingerprint density at radius 1 is 0.293 bits per heavy atom. The molecule has 0 amide bonds. The Morgan fingerprint density at radius 2 is 0.756 bits per heavy atom. The lowest BCUT2D eigenvalue weighted by Gasteiger charge is -2.26. The summed E-state index contributed by atoms with van der Waals surface area (Å²) in [5.41, 5.74) is 10.7. The van der Waals surface area contributed by atoms with Crippen LogP contribution in [0.1, 0.15) is 0 Å². The van der Waals surface area contributed by atoms with Gasteiger partial charge in [0.15, 0.2) is 0 Å². The van der Waals surface area contributed by atoms with Gasteiger partial charge in [0.2, 0.25) is 0 Å². The van der Waals surface area contributed by atoms with Crippen LogP contribution >= 0.6 is 0 Å². The van der Waals surface area contributed by atoms with Crippen molar-refractivity contribution in [3.05, 3.63) is 176 Å². The quantitative estimate of drug-likeness (QED) is 0.209. The topological polar surface area (TPSA) is 3.24 Å². The predicted octanol–water partition coefficient (Wildman–Crippen LogP) is 11.3. The minimum absolute atomic E-state index is 1.12. The van der Waals surface area contributed by atoms with E-state index in [9.17, 15) is 0 Å². The largest absolute Gasteiger partial charge is 0.310 e. The highest BCUT2D eigenvalue weighted by Gasteiger charge is 2.14. The van der Waals surface area contributed by atoms with E-state index < -0.39 is 0 Å². The molecule has 0 aromatic heterocycles. The third kappa shape index (κ3) is 5.02. The molecule has 1 nitrogen and oxygen atoms in total. The first-order chi connectivity index (χ1) is 20.3. The van der Waals surface area contributed by atoms with Crippen molar-refractivity contribution in [3.8, 4) is 33.4 Å². The lowest BCUT2D eigenvalue weighted by molar-refractivity contribution is 1.28. The van der Waals surface area contributed by atoms with Gasteiger partial charge in [-0.05, 0) is 80.6 Å². The number of benzene rings is 7. The van der Waals surface area contributed by atoms with Crippen LogP contribution in [0.25, 0.3) is 44.2 Å². The maximum Gasteiger partial charge on any atom is 0.0467 e. The Bertz CT molecular complexity index is 1900. The van der Waals surface area contributed by atoms with Gasteiger partial charge < -0.3 is 4.90 Å². The summed E-state index contributed by atoms with van der Waals surface area (Å²) in [4.78, 5) is 2.33. The smallest absolute Gasteiger partial charge is 0.0467 e. The summed E-state index contributed by atoms with van der Waals surface area (Å²) in [6.07, 6.45) is 0. The molecule has 7 aromatic rings. The average molecular weight is 524 g/mol. The molecule has 0 saturated heterocycles. The van der Waals surface area contributed by atoms with Crippen LogP contribution in [0, 0.1) is 0 Å². The van der Waals surface area contributed by atoms with E-state index in [-0.39, 0.29) is 0 Å². The fourth-order valence-corrected chi connectivity index (χ4v) is 5.60. The number of fused-ring (bicyclic) bond motifs is 1. The molecule has 194 valence electrons. The number of hydrogen-bond acceptors (Lipinski definition) is 1. The van der Waals surface area contributed by atoms with E-state index in [1.165, 1.54) is 44.2 Å². The van der Waals surface area contributed by atoms with Crippen LogP contribution in [0.4, 0.5) is 17.1 Å². The SMILES string of the molecule is c1ccc(-c2ccc(-c3ccc(N(c4ccccc4)c4cccc(-c5cccc6ccccc56)c4)cc3)cc2)cc1. The van der Waals surface area contributed by atoms with E-state index >= 15 is 0 Å². The van der Waals surface area contributed by atoms with Crippen LogP contribution < -0.4 is 4.90 Å². The van der Waals surface area contributed by atoms with Gasteiger partial charge in [-0.15, -0.1) is 0 Å². The summed E-state index contributed by atoms with van der Waals surface area (Å²) < 4.78 is 0. The Labute approximate surface area is 241 Å². The van der Waals surface area contributed by atoms with Gasteiger partial charge in [0, 0.05) is 17.1 Å². The fraction of sp³-hybridized carbons (Fsp3) is 0. The zero-order valence-corrected chi connectivity index (χ0v) is 22.7. The van der Waals surface area contributed by atoms with E-state index in [1.807, 2.05) is 0 Å². The molecule has 0 aliphatic heterocycles. The molecule has 0 bridgehead atoms. The van der Waals surface area contributed by atoms with Gasteiger partial charge in [-0.2, -0.15) is 0 Å². The number of anilines is 3. The summed E-state index contributed by atoms with van der Waals surface area (Å²) in [6, 6.07) is 62.8. The molecule has 0 spiro atoms. The van der Waals surface area contributed by atoms with Gasteiger partial charge in [-0.25, -0.2) is 0 Å². The first-order valence-electron chi connectivity index (χ1n) is 14.0. The van der Waals surface area contributed by atoms with Crippen molar-refractivity contribution >= 4 is 27.8 Å². The zero-order chi connectivity index (χ0) is 27.4. The lowest BCUT2D eigenvalue weighted by Crippen LogP contribution is -2.09. The molecule has 0 radical (unpaired) electrons. The molecule has 7 rings (SSSR count). The van der Waals surface area contributed by atoms with Gasteiger partial charge in [0.05, 0.1) is 0 Å². The Balaban J connectivity index is 1.25. The highest BCUT2D eigenvalue weighted by molar-refractivity contribution is 5.97. The monoisotopic (exact) mass is 523 g/mol. The van der Waals surface area contributed by atoms with Crippen LogP contribution in [-0.2, 0) is 0 Å². The van der Waals surface area contributed by atoms with E-state index in [2.05, 4.69) is 181 Å². The van der Waals surface area contributed by atoms with Gasteiger partial charge >= 0.3 is 0 Å². The summed E-state index contributed by atoms with van der Waals surface area (Å²) in [6.45, 7) is 0. The molecule has 41 heavy (non-hydrogen) atoms. The van der Waals surface area contributed by atoms with Crippen LogP contribution in [0.15, 0.2) is 176 Å². The molecular weight excluding hydrogens is 494 g/mol. The highest BCUT2D eigenvalue weighted by Crippen LogP contribution is 2.38. The van der Waals surface area contributed by atoms with Crippen molar-refractivity contribution in [3.63, 3.8) is 0 Å². The number of hydrogen-bond donors (Lipinski definition) is 0. The van der Waals surface area contributed by atoms with E-state index in [4.69, 9.17) is 0 Å². The predicted molar refractivity (Wildman–Crippen MR) is 175 cm³/mol. The fourth-order valence-electron chi connectivity index (χ4n) is 5.60. The molecule has 0 unspecified atom stereocenters. The van der Waals surface area contributed by atoms with Gasteiger partial charge in [-0.1, -0.05) is 140 Å². The van der Waals surface area contributed by atoms with Crippen LogP contribution in [0.5, 0.6) is 0 Å². The summed E-state index contributed by atoms with van der Waals surface area (Å²) >= 11 is 0. The maximum absolute atomic E-state index is 2.33. The van der Waals surface area contributed by atoms with Crippen LogP contribution in [0.3, 0.4) is 0 Å². The average Bonchev–Trinajstić information content (AvgIpc) is 3.06. The Morgan fingerprint density at radius 3 is 1.46 bits per heavy atom. The van der Waals surface area contributed by atoms with E-state index in [1.54, 1.807) is 0 Å². The standard InChI is InChI=1S/C40H29N/c1-3-11-30(12-4-1)31-21-23-32(24-22-31)33-25-27-37(28-26-33)41(36-16-5-2-6-17-36)38-18-9-15-35(29-38)40-20-10-14-34-13-7-8-19-39(34)40/h1-29H. The second-order valence-electron chi connectivity index (χ2n) is 10.2. The highest BCUT2D eigenvalue weighted by atomic mass is 15.1. The first kappa shape index (κ1) is 24.6. The van der Waals surface area contributed by atoms with Crippen molar-refractivity contribution in [2.45, 2.75) is 0 Å². The molecule has 0 N–H and O–H groups in total. The van der Waals surface area contributed by atoms with Crippen molar-refractivity contribution in [2.24, 2.45) is 0 Å². The van der Waals surface area contributed by atoms with Crippen LogP contribution in [0.2, 0.25) is 0 Å². The van der Waals surface area contributed by atoms with Gasteiger partial charge in [0.25, 0.3) is 0 Å². The molecule has 7 aromatic carbocycles. The molecular formula is C40H29N. The lowest BCUT2D eigenvalue weighted by atomic mass is 9.97. The molecule has 1 heteroatoms. The number of rotatable bonds is 6. The Kier molecular flexibility index (Phi) is 6.61. The second-order valence-corrected chi connectivity index (χ2v) is 10.2. The van der Waals surface area contributed by atoms with Gasteiger partial charge in [0.1, 0.15) is 0 Å². The second kappa shape index (κ2) is 11.0. The first-order valence-corrected chi connectivity index (χ1v) is 14.0. The molecule has 0 aliphatic carbocycles. The molecule has 0 heterocycles. The van der Waals surface area contributed by atoms with Crippen molar-refractivity contribution in [1.82, 2.24) is 0 Å². The van der Waals surface area contributed by atoms with E-state index in [0.29, 0.717) is 0 Å². The van der Waals surface area contributed by atoms with Crippen molar-refractivity contribution < 1.29 is 0 Å². The summed E-state index contributed by atoms with van der Waals surface area (Å²) in [5.74, 6) is 0. The van der Waals surface area contributed by atoms with Crippen LogP contribution in [-0.4, -0.2) is 0 Å². The minimum atomic E-state index is 1.12. The molecule has 0 aliphatic rings. The normalized spacial score (nSPS) is 10.9. The maximum atomic E-state index is 2.33.